The Balaban J connectivity index is 0.739. The maximum atomic E-state index is 13.9. The van der Waals surface area contributed by atoms with Crippen molar-refractivity contribution in [1.29, 1.82) is 0 Å². The van der Waals surface area contributed by atoms with Crippen molar-refractivity contribution in [2.24, 2.45) is 5.41 Å². The van der Waals surface area contributed by atoms with Crippen LogP contribution in [0.15, 0.2) is 55.0 Å². The number of amides is 6. The second-order valence-electron chi connectivity index (χ2n) is 16.9. The molecule has 1 saturated carbocycles. The molecule has 58 heavy (non-hydrogen) atoms. The molecule has 7 heterocycles. The lowest BCUT2D eigenvalue weighted by Crippen LogP contribution is -2.73. The van der Waals surface area contributed by atoms with Gasteiger partial charge in [0.25, 0.3) is 23.6 Å². The Morgan fingerprint density at radius 1 is 0.897 bits per heavy atom. The van der Waals surface area contributed by atoms with Gasteiger partial charge in [-0.25, -0.2) is 9.50 Å². The summed E-state index contributed by atoms with van der Waals surface area (Å²) in [5.74, 6) is -1.92. The predicted molar refractivity (Wildman–Crippen MR) is 208 cm³/mol. The maximum Gasteiger partial charge on any atom is 0.262 e. The number of nitrogens with zero attached hydrogens (tertiary/aromatic N) is 7. The molecule has 16 heteroatoms. The van der Waals surface area contributed by atoms with Gasteiger partial charge in [-0.2, -0.15) is 5.10 Å². The molecule has 6 aliphatic rings. The minimum Gasteiger partial charge on any atom is -0.489 e. The van der Waals surface area contributed by atoms with E-state index in [2.05, 4.69) is 30.5 Å². The van der Waals surface area contributed by atoms with E-state index in [1.165, 1.54) is 6.20 Å². The number of hydrogen-bond donors (Lipinski definition) is 2. The number of carbonyl (C=O) groups excluding carboxylic acids is 6. The molecular weight excluding hydrogens is 743 g/mol. The summed E-state index contributed by atoms with van der Waals surface area (Å²) >= 11 is 0. The van der Waals surface area contributed by atoms with Gasteiger partial charge in [-0.1, -0.05) is 0 Å². The molecule has 6 amide bonds. The summed E-state index contributed by atoms with van der Waals surface area (Å²) in [7, 11) is 0. The molecule has 10 rings (SSSR count). The molecule has 16 nitrogen and oxygen atoms in total. The number of ether oxygens (including phenoxy) is 1. The fourth-order valence-electron chi connectivity index (χ4n) is 9.90. The monoisotopic (exact) mass is 785 g/mol. The van der Waals surface area contributed by atoms with E-state index < -0.39 is 29.7 Å². The van der Waals surface area contributed by atoms with Crippen molar-refractivity contribution >= 4 is 52.5 Å². The molecule has 3 saturated heterocycles. The van der Waals surface area contributed by atoms with Crippen molar-refractivity contribution in [3.63, 3.8) is 0 Å². The lowest BCUT2D eigenvalue weighted by atomic mass is 9.70. The molecule has 1 atom stereocenters. The first-order valence-electron chi connectivity index (χ1n) is 20.0. The average molecular weight is 786 g/mol. The van der Waals surface area contributed by atoms with Gasteiger partial charge in [-0.15, -0.1) is 0 Å². The zero-order chi connectivity index (χ0) is 40.0. The maximum absolute atomic E-state index is 13.9. The molecule has 1 spiro atoms. The van der Waals surface area contributed by atoms with Crippen molar-refractivity contribution in [3.05, 3.63) is 82.8 Å². The lowest BCUT2D eigenvalue weighted by molar-refractivity contribution is -0.136. The Kier molecular flexibility index (Phi) is 8.40. The Labute approximate surface area is 333 Å². The number of anilines is 2. The first kappa shape index (κ1) is 36.2. The van der Waals surface area contributed by atoms with Gasteiger partial charge in [0.2, 0.25) is 11.8 Å². The van der Waals surface area contributed by atoms with Gasteiger partial charge >= 0.3 is 0 Å². The zero-order valence-corrected chi connectivity index (χ0v) is 32.3. The minimum absolute atomic E-state index is 0.00414. The number of carbonyl (C=O) groups is 6. The van der Waals surface area contributed by atoms with E-state index in [1.807, 2.05) is 30.9 Å². The largest absolute Gasteiger partial charge is 0.489 e. The van der Waals surface area contributed by atoms with Gasteiger partial charge in [-0.05, 0) is 87.9 Å². The SMILES string of the molecule is CC(C)Oc1cc2c(cc1NC(=O)c1cnn3cccnc13)CN(C1CCC(N3CC4(CN(c5ccc6c(c5)C(=O)N(C5CCC(=O)NC5=O)C6=O)C4)C3)CC1)C2=O. The van der Waals surface area contributed by atoms with Crippen LogP contribution in [0.25, 0.3) is 5.65 Å². The van der Waals surface area contributed by atoms with Crippen LogP contribution in [-0.4, -0.2) is 115 Å². The van der Waals surface area contributed by atoms with E-state index in [0.29, 0.717) is 46.4 Å². The zero-order valence-electron chi connectivity index (χ0n) is 32.3. The number of benzene rings is 2. The third-order valence-corrected chi connectivity index (χ3v) is 12.7. The van der Waals surface area contributed by atoms with Gasteiger partial charge < -0.3 is 19.9 Å². The first-order chi connectivity index (χ1) is 27.9. The molecule has 1 unspecified atom stereocenters. The van der Waals surface area contributed by atoms with E-state index in [0.717, 1.165) is 68.0 Å². The third kappa shape index (κ3) is 5.91. The van der Waals surface area contributed by atoms with Crippen molar-refractivity contribution in [1.82, 2.24) is 34.6 Å². The summed E-state index contributed by atoms with van der Waals surface area (Å²) in [4.78, 5) is 89.9. The summed E-state index contributed by atoms with van der Waals surface area (Å²) in [5, 5.41) is 9.47. The minimum atomic E-state index is -0.981. The van der Waals surface area contributed by atoms with Crippen molar-refractivity contribution in [3.8, 4) is 5.75 Å². The molecule has 2 aromatic heterocycles. The van der Waals surface area contributed by atoms with Crippen LogP contribution in [0, 0.1) is 5.41 Å². The highest BCUT2D eigenvalue weighted by Crippen LogP contribution is 2.46. The molecule has 4 aromatic rings. The van der Waals surface area contributed by atoms with Crippen LogP contribution in [0.4, 0.5) is 11.4 Å². The summed E-state index contributed by atoms with van der Waals surface area (Å²) < 4.78 is 7.65. The van der Waals surface area contributed by atoms with Crippen molar-refractivity contribution < 1.29 is 33.5 Å². The fourth-order valence-corrected chi connectivity index (χ4v) is 9.90. The van der Waals surface area contributed by atoms with Crippen molar-refractivity contribution in [2.45, 2.75) is 83.1 Å². The Morgan fingerprint density at radius 3 is 2.41 bits per heavy atom. The molecular formula is C42H43N9O7. The highest BCUT2D eigenvalue weighted by Gasteiger charge is 2.54. The number of fused-ring (bicyclic) bond motifs is 3. The number of piperidine rings is 1. The number of rotatable bonds is 8. The molecule has 1 aliphatic carbocycles. The Morgan fingerprint density at radius 2 is 1.66 bits per heavy atom. The molecule has 0 bridgehead atoms. The highest BCUT2D eigenvalue weighted by atomic mass is 16.5. The van der Waals surface area contributed by atoms with E-state index in [9.17, 15) is 28.8 Å². The lowest BCUT2D eigenvalue weighted by Gasteiger charge is -2.63. The van der Waals surface area contributed by atoms with E-state index >= 15 is 0 Å². The summed E-state index contributed by atoms with van der Waals surface area (Å²) in [6.45, 7) is 8.01. The highest BCUT2D eigenvalue weighted by molar-refractivity contribution is 6.23. The van der Waals surface area contributed by atoms with Crippen LogP contribution in [0.2, 0.25) is 0 Å². The van der Waals surface area contributed by atoms with Crippen LogP contribution in [-0.2, 0) is 16.1 Å². The molecule has 298 valence electrons. The van der Waals surface area contributed by atoms with Gasteiger partial charge in [0.15, 0.2) is 5.65 Å². The normalized spacial score (nSPS) is 23.9. The molecule has 4 fully saturated rings. The number of hydrogen-bond acceptors (Lipinski definition) is 11. The first-order valence-corrected chi connectivity index (χ1v) is 20.0. The van der Waals surface area contributed by atoms with E-state index in [1.54, 1.807) is 41.2 Å². The molecule has 5 aliphatic heterocycles. The van der Waals surface area contributed by atoms with Crippen LogP contribution in [0.5, 0.6) is 5.75 Å². The van der Waals surface area contributed by atoms with E-state index in [4.69, 9.17) is 4.74 Å². The van der Waals surface area contributed by atoms with Gasteiger partial charge in [0.05, 0.1) is 29.1 Å². The van der Waals surface area contributed by atoms with E-state index in [-0.39, 0.29) is 47.8 Å². The summed E-state index contributed by atoms with van der Waals surface area (Å²) in [6.07, 6.45) is 8.72. The predicted octanol–water partition coefficient (Wildman–Crippen LogP) is 3.26. The summed E-state index contributed by atoms with van der Waals surface area (Å²) in [5.41, 5.74) is 4.42. The smallest absolute Gasteiger partial charge is 0.262 e. The quantitative estimate of drug-likeness (QED) is 0.251. The van der Waals surface area contributed by atoms with Gasteiger partial charge in [-0.3, -0.25) is 43.9 Å². The standard InChI is InChI=1S/C42H43N9O7/c1-23(2)58-34-16-29-24(14-32(34)45-37(53)31-17-44-50-13-3-12-43-36(31)50)18-49(39(29)55)26-6-4-25(5-7-26)47-19-42(20-47)21-48(22-42)27-8-9-28-30(15-27)41(57)51(40(28)56)33-10-11-35(52)46-38(33)54/h3,8-9,12-17,23,25-26,33H,4-7,10-11,18-22H2,1-2H3,(H,45,53)(H,46,52,54). The number of likely N-dealkylation sites (tertiary alicyclic amines) is 1. The average Bonchev–Trinajstić information content (AvgIpc) is 3.82. The topological polar surface area (TPSA) is 179 Å². The van der Waals surface area contributed by atoms with Gasteiger partial charge in [0, 0.05) is 80.3 Å². The molecule has 2 N–H and O–H groups in total. The van der Waals surface area contributed by atoms with Crippen LogP contribution >= 0.6 is 0 Å². The number of imide groups is 2. The second kappa shape index (κ2) is 13.5. The fraction of sp³-hybridized carbons (Fsp3) is 0.429. The molecule has 0 radical (unpaired) electrons. The summed E-state index contributed by atoms with van der Waals surface area (Å²) in [6, 6.07) is 10.3. The van der Waals surface area contributed by atoms with Crippen molar-refractivity contribution in [2.75, 3.05) is 36.4 Å². The Hall–Kier alpha value is -6.16. The molecule has 2 aromatic carbocycles. The third-order valence-electron chi connectivity index (χ3n) is 12.7. The number of aromatic nitrogens is 3. The van der Waals surface area contributed by atoms with Crippen LogP contribution in [0.1, 0.15) is 99.4 Å². The van der Waals surface area contributed by atoms with Gasteiger partial charge in [0.1, 0.15) is 17.4 Å². The van der Waals surface area contributed by atoms with Crippen LogP contribution in [0.3, 0.4) is 0 Å². The number of nitrogens with one attached hydrogen (secondary N) is 2. The van der Waals surface area contributed by atoms with Crippen LogP contribution < -0.4 is 20.3 Å². The Bertz CT molecular complexity index is 2440. The second-order valence-corrected chi connectivity index (χ2v) is 16.9.